The minimum Gasteiger partial charge on any atom is -0.480 e. The Kier molecular flexibility index (Phi) is 24.4. The molecule has 0 radical (unpaired) electrons. The number of phosphoric acid groups is 1. The van der Waals surface area contributed by atoms with E-state index < -0.39 is 51.1 Å². The van der Waals surface area contributed by atoms with Crippen LogP contribution in [-0.2, 0) is 37.5 Å². The van der Waals surface area contributed by atoms with Crippen molar-refractivity contribution in [3.8, 4) is 0 Å². The zero-order valence-corrected chi connectivity index (χ0v) is 25.8. The van der Waals surface area contributed by atoms with Crippen molar-refractivity contribution >= 4 is 25.7 Å². The molecule has 0 aromatic carbocycles. The zero-order valence-electron chi connectivity index (χ0n) is 24.9. The first kappa shape index (κ1) is 39.0. The number of rotatable bonds is 27. The maximum absolute atomic E-state index is 12.4. The number of hydrogen-bond donors (Lipinski definition) is 3. The lowest BCUT2D eigenvalue weighted by Gasteiger charge is -2.20. The Hall–Kier alpha value is -2.04. The van der Waals surface area contributed by atoms with Crippen LogP contribution in [0.3, 0.4) is 0 Å². The highest BCUT2D eigenvalue weighted by Crippen LogP contribution is 2.43. The van der Waals surface area contributed by atoms with Gasteiger partial charge in [-0.1, -0.05) is 83.1 Å². The second-order valence-electron chi connectivity index (χ2n) is 9.88. The summed E-state index contributed by atoms with van der Waals surface area (Å²) < 4.78 is 32.0. The molecule has 3 unspecified atom stereocenters. The maximum atomic E-state index is 12.4. The molecule has 0 rings (SSSR count). The Bertz CT molecular complexity index is 817. The molecule has 0 aliphatic rings. The summed E-state index contributed by atoms with van der Waals surface area (Å²) in [6.07, 6.45) is 20.7. The number of phosphoric ester groups is 1. The Labute approximate surface area is 245 Å². The van der Waals surface area contributed by atoms with Crippen molar-refractivity contribution in [2.45, 2.75) is 122 Å². The molecule has 4 N–H and O–H groups in total. The van der Waals surface area contributed by atoms with E-state index in [4.69, 9.17) is 24.8 Å². The number of ether oxygens (including phenoxy) is 2. The summed E-state index contributed by atoms with van der Waals surface area (Å²) in [6.45, 7) is 2.49. The second-order valence-corrected chi connectivity index (χ2v) is 11.3. The van der Waals surface area contributed by atoms with Gasteiger partial charge in [-0.25, -0.2) is 4.57 Å². The molecule has 41 heavy (non-hydrogen) atoms. The minimum absolute atomic E-state index is 0.145. The van der Waals surface area contributed by atoms with Gasteiger partial charge in [0.05, 0.1) is 13.2 Å². The normalized spacial score (nSPS) is 14.6. The molecule has 0 aliphatic heterocycles. The predicted octanol–water partition coefficient (Wildman–Crippen LogP) is 5.99. The third kappa shape index (κ3) is 25.4. The summed E-state index contributed by atoms with van der Waals surface area (Å²) in [5, 5.41) is 8.77. The van der Waals surface area contributed by atoms with Gasteiger partial charge < -0.3 is 25.2 Å². The molecule has 0 amide bonds. The molecule has 0 aliphatic carbocycles. The summed E-state index contributed by atoms with van der Waals surface area (Å²) in [5.41, 5.74) is 5.26. The molecule has 0 heterocycles. The SMILES string of the molecule is CCCC/C=C\C/C=C\CCCCCCCC(=O)OC(COC(=O)CCCCC)COP(=O)(O)OCC(N)C(=O)O. The largest absolute Gasteiger partial charge is 0.480 e. The molecule has 0 saturated carbocycles. The number of allylic oxidation sites excluding steroid dienone is 4. The Morgan fingerprint density at radius 1 is 0.756 bits per heavy atom. The molecule has 0 fully saturated rings. The van der Waals surface area contributed by atoms with Gasteiger partial charge in [0.2, 0.25) is 0 Å². The highest BCUT2D eigenvalue weighted by molar-refractivity contribution is 7.47. The van der Waals surface area contributed by atoms with Crippen molar-refractivity contribution in [1.82, 2.24) is 0 Å². The number of hydrogen-bond acceptors (Lipinski definition) is 9. The molecular weight excluding hydrogens is 553 g/mol. The fourth-order valence-corrected chi connectivity index (χ4v) is 4.27. The first-order valence-corrected chi connectivity index (χ1v) is 16.4. The van der Waals surface area contributed by atoms with E-state index in [2.05, 4.69) is 35.8 Å². The monoisotopic (exact) mass is 605 g/mol. The molecular formula is C29H52NO10P. The van der Waals surface area contributed by atoms with E-state index >= 15 is 0 Å². The molecule has 238 valence electrons. The lowest BCUT2D eigenvalue weighted by Crippen LogP contribution is -2.34. The summed E-state index contributed by atoms with van der Waals surface area (Å²) in [4.78, 5) is 44.9. The lowest BCUT2D eigenvalue weighted by molar-refractivity contribution is -0.161. The van der Waals surface area contributed by atoms with Crippen LogP contribution in [0.4, 0.5) is 0 Å². The molecule has 0 spiro atoms. The number of unbranched alkanes of at least 4 members (excludes halogenated alkanes) is 9. The van der Waals surface area contributed by atoms with E-state index in [1.54, 1.807) is 0 Å². The third-order valence-corrected chi connectivity index (χ3v) is 6.90. The van der Waals surface area contributed by atoms with Gasteiger partial charge >= 0.3 is 25.7 Å². The first-order valence-electron chi connectivity index (χ1n) is 14.9. The zero-order chi connectivity index (χ0) is 30.8. The van der Waals surface area contributed by atoms with E-state index in [1.165, 1.54) is 12.8 Å². The second kappa shape index (κ2) is 25.7. The van der Waals surface area contributed by atoms with Crippen molar-refractivity contribution in [3.05, 3.63) is 24.3 Å². The molecule has 0 aromatic rings. The fourth-order valence-electron chi connectivity index (χ4n) is 3.49. The standard InChI is InChI=1S/C29H52NO10P/c1-3-5-7-8-9-10-11-12-13-14-15-16-17-19-21-28(32)40-25(22-37-27(31)20-18-6-4-2)23-38-41(35,36)39-24-26(30)29(33)34/h8-9,11-12,25-26H,3-7,10,13-24,30H2,1-2H3,(H,33,34)(H,35,36)/b9-8-,12-11-. The van der Waals surface area contributed by atoms with Crippen molar-refractivity contribution in [1.29, 1.82) is 0 Å². The van der Waals surface area contributed by atoms with E-state index in [0.29, 0.717) is 12.8 Å². The van der Waals surface area contributed by atoms with Crippen LogP contribution in [0.25, 0.3) is 0 Å². The molecule has 12 heteroatoms. The quantitative estimate of drug-likeness (QED) is 0.0434. The van der Waals surface area contributed by atoms with E-state index in [-0.39, 0.29) is 19.4 Å². The number of carboxylic acids is 1. The molecule has 0 bridgehead atoms. The van der Waals surface area contributed by atoms with Crippen LogP contribution >= 0.6 is 7.82 Å². The van der Waals surface area contributed by atoms with Crippen LogP contribution in [0.5, 0.6) is 0 Å². The Balaban J connectivity index is 4.43. The van der Waals surface area contributed by atoms with Crippen LogP contribution in [0.15, 0.2) is 24.3 Å². The predicted molar refractivity (Wildman–Crippen MR) is 157 cm³/mol. The van der Waals surface area contributed by atoms with Crippen molar-refractivity contribution in [2.24, 2.45) is 5.73 Å². The number of esters is 2. The molecule has 0 aromatic heterocycles. The molecule has 0 saturated heterocycles. The fraction of sp³-hybridized carbons (Fsp3) is 0.759. The minimum atomic E-state index is -4.69. The summed E-state index contributed by atoms with van der Waals surface area (Å²) in [6, 6.07) is -1.52. The van der Waals surface area contributed by atoms with E-state index in [1.807, 2.05) is 6.92 Å². The summed E-state index contributed by atoms with van der Waals surface area (Å²) in [7, 11) is -4.69. The lowest BCUT2D eigenvalue weighted by atomic mass is 10.1. The maximum Gasteiger partial charge on any atom is 0.472 e. The number of nitrogens with two attached hydrogens (primary N) is 1. The number of carboxylic acid groups (broad SMARTS) is 1. The van der Waals surface area contributed by atoms with Crippen molar-refractivity contribution in [3.63, 3.8) is 0 Å². The highest BCUT2D eigenvalue weighted by Gasteiger charge is 2.28. The van der Waals surface area contributed by atoms with Gasteiger partial charge in [0.1, 0.15) is 12.6 Å². The summed E-state index contributed by atoms with van der Waals surface area (Å²) >= 11 is 0. The average Bonchev–Trinajstić information content (AvgIpc) is 2.93. The van der Waals surface area contributed by atoms with Gasteiger partial charge in [-0.15, -0.1) is 0 Å². The van der Waals surface area contributed by atoms with E-state index in [0.717, 1.165) is 57.8 Å². The Morgan fingerprint density at radius 3 is 1.98 bits per heavy atom. The molecule has 11 nitrogen and oxygen atoms in total. The van der Waals surface area contributed by atoms with Gasteiger partial charge in [0, 0.05) is 12.8 Å². The first-order chi connectivity index (χ1) is 19.6. The number of carbonyl (C=O) groups is 3. The Morgan fingerprint density at radius 2 is 1.32 bits per heavy atom. The van der Waals surface area contributed by atoms with Crippen LogP contribution in [0.2, 0.25) is 0 Å². The van der Waals surface area contributed by atoms with Gasteiger partial charge in [0.15, 0.2) is 6.10 Å². The number of carbonyl (C=O) groups excluding carboxylic acids is 2. The van der Waals surface area contributed by atoms with Crippen LogP contribution in [0, 0.1) is 0 Å². The van der Waals surface area contributed by atoms with E-state index in [9.17, 15) is 23.8 Å². The topological polar surface area (TPSA) is 172 Å². The van der Waals surface area contributed by atoms with Gasteiger partial charge in [0.25, 0.3) is 0 Å². The van der Waals surface area contributed by atoms with Crippen molar-refractivity contribution < 1.29 is 47.5 Å². The van der Waals surface area contributed by atoms with Gasteiger partial charge in [-0.05, 0) is 38.5 Å². The molecule has 3 atom stereocenters. The number of aliphatic carboxylic acids is 1. The summed E-state index contributed by atoms with van der Waals surface area (Å²) in [5.74, 6) is -2.43. The highest BCUT2D eigenvalue weighted by atomic mass is 31.2. The van der Waals surface area contributed by atoms with Gasteiger partial charge in [-0.2, -0.15) is 0 Å². The van der Waals surface area contributed by atoms with Crippen molar-refractivity contribution in [2.75, 3.05) is 19.8 Å². The third-order valence-electron chi connectivity index (χ3n) is 5.95. The average molecular weight is 606 g/mol. The smallest absolute Gasteiger partial charge is 0.472 e. The van der Waals surface area contributed by atoms with Crippen LogP contribution in [-0.4, -0.2) is 59.9 Å². The van der Waals surface area contributed by atoms with Crippen LogP contribution in [0.1, 0.15) is 110 Å². The van der Waals surface area contributed by atoms with Gasteiger partial charge in [-0.3, -0.25) is 23.4 Å². The van der Waals surface area contributed by atoms with Crippen LogP contribution < -0.4 is 5.73 Å².